The molecule has 0 saturated carbocycles. The molecule has 1 atom stereocenters. The first-order valence-corrected chi connectivity index (χ1v) is 12.0. The number of aromatic amines is 1. The highest BCUT2D eigenvalue weighted by molar-refractivity contribution is 6.00. The summed E-state index contributed by atoms with van der Waals surface area (Å²) >= 11 is 0. The maximum atomic E-state index is 13.6. The number of amides is 1. The summed E-state index contributed by atoms with van der Waals surface area (Å²) in [6, 6.07) is 16.1. The number of carbonyl (C=O) groups is 1. The fourth-order valence-electron chi connectivity index (χ4n) is 4.57. The summed E-state index contributed by atoms with van der Waals surface area (Å²) in [6.45, 7) is 3.10. The van der Waals surface area contributed by atoms with E-state index in [0.717, 1.165) is 29.5 Å². The maximum Gasteiger partial charge on any atom is 0.273 e. The Hall–Kier alpha value is -4.33. The van der Waals surface area contributed by atoms with Crippen molar-refractivity contribution < 1.29 is 19.4 Å². The van der Waals surface area contributed by atoms with Gasteiger partial charge in [-0.25, -0.2) is 0 Å². The lowest BCUT2D eigenvalue weighted by atomic mass is 9.95. The minimum atomic E-state index is -0.451. The molecule has 1 aliphatic rings. The number of aromatic hydroxyl groups is 1. The number of pyridine rings is 1. The van der Waals surface area contributed by atoms with Crippen LogP contribution in [-0.2, 0) is 6.54 Å². The summed E-state index contributed by atoms with van der Waals surface area (Å²) in [4.78, 5) is 19.5. The standard InChI is InChI=1S/C28H28N4O4/c1-3-4-15-36-22-10-9-19(16-23(22)35-2)27-24-25(20-7-5-6-8-21(20)33)30-31-26(24)28(34)32(27)17-18-11-13-29-14-12-18/h5-14,16,27,33H,3-4,15,17H2,1-2H3,(H,30,31)/t27-/m1/s1. The van der Waals surface area contributed by atoms with Gasteiger partial charge in [0.25, 0.3) is 5.91 Å². The van der Waals surface area contributed by atoms with Gasteiger partial charge in [0.1, 0.15) is 17.1 Å². The van der Waals surface area contributed by atoms with Crippen LogP contribution in [0.5, 0.6) is 17.2 Å². The highest BCUT2D eigenvalue weighted by Crippen LogP contribution is 2.46. The average Bonchev–Trinajstić information content (AvgIpc) is 3.44. The molecule has 0 aliphatic carbocycles. The van der Waals surface area contributed by atoms with E-state index < -0.39 is 6.04 Å². The molecule has 184 valence electrons. The molecule has 1 amide bonds. The molecule has 8 heteroatoms. The molecule has 0 unspecified atom stereocenters. The molecular weight excluding hydrogens is 456 g/mol. The van der Waals surface area contributed by atoms with Gasteiger partial charge in [-0.1, -0.05) is 31.5 Å². The number of nitrogens with zero attached hydrogens (tertiary/aromatic N) is 3. The van der Waals surface area contributed by atoms with Gasteiger partial charge in [-0.3, -0.25) is 14.9 Å². The second kappa shape index (κ2) is 10.1. The van der Waals surface area contributed by atoms with Crippen LogP contribution in [0.3, 0.4) is 0 Å². The fourth-order valence-corrected chi connectivity index (χ4v) is 4.57. The highest BCUT2D eigenvalue weighted by Gasteiger charge is 2.42. The van der Waals surface area contributed by atoms with Gasteiger partial charge in [-0.2, -0.15) is 5.10 Å². The van der Waals surface area contributed by atoms with Crippen LogP contribution in [0.25, 0.3) is 11.3 Å². The number of benzene rings is 2. The SMILES string of the molecule is CCCCOc1ccc([C@@H]2c3c(-c4ccccc4O)n[nH]c3C(=O)N2Cc2ccncc2)cc1OC. The molecule has 0 spiro atoms. The normalized spacial score (nSPS) is 14.7. The van der Waals surface area contributed by atoms with E-state index in [9.17, 15) is 9.90 Å². The fraction of sp³-hybridized carbons (Fsp3) is 0.250. The average molecular weight is 485 g/mol. The highest BCUT2D eigenvalue weighted by atomic mass is 16.5. The van der Waals surface area contributed by atoms with Crippen molar-refractivity contribution in [3.05, 3.63) is 89.4 Å². The van der Waals surface area contributed by atoms with Crippen LogP contribution in [0.2, 0.25) is 0 Å². The van der Waals surface area contributed by atoms with Crippen molar-refractivity contribution in [2.75, 3.05) is 13.7 Å². The number of nitrogens with one attached hydrogen (secondary N) is 1. The molecule has 3 heterocycles. The molecule has 2 N–H and O–H groups in total. The van der Waals surface area contributed by atoms with Crippen LogP contribution in [0, 0.1) is 0 Å². The van der Waals surface area contributed by atoms with E-state index >= 15 is 0 Å². The van der Waals surface area contributed by atoms with Crippen molar-refractivity contribution in [3.8, 4) is 28.5 Å². The van der Waals surface area contributed by atoms with Crippen molar-refractivity contribution in [3.63, 3.8) is 0 Å². The van der Waals surface area contributed by atoms with Gasteiger partial charge in [-0.05, 0) is 53.9 Å². The summed E-state index contributed by atoms with van der Waals surface area (Å²) in [5, 5.41) is 17.9. The number of unbranched alkanes of at least 4 members (excludes halogenated alkanes) is 1. The number of rotatable bonds is 9. The van der Waals surface area contributed by atoms with E-state index in [0.29, 0.717) is 41.6 Å². The third kappa shape index (κ3) is 4.26. The first-order valence-electron chi connectivity index (χ1n) is 12.0. The van der Waals surface area contributed by atoms with E-state index in [2.05, 4.69) is 22.1 Å². The molecule has 0 radical (unpaired) electrons. The molecule has 4 aromatic rings. The monoisotopic (exact) mass is 484 g/mol. The predicted octanol–water partition coefficient (Wildman–Crippen LogP) is 5.11. The number of phenolic OH excluding ortho intramolecular Hbond substituents is 1. The molecular formula is C28H28N4O4. The van der Waals surface area contributed by atoms with E-state index in [1.54, 1.807) is 42.6 Å². The number of methoxy groups -OCH3 is 1. The number of hydrogen-bond donors (Lipinski definition) is 2. The Morgan fingerprint density at radius 1 is 1.08 bits per heavy atom. The van der Waals surface area contributed by atoms with Crippen LogP contribution in [-0.4, -0.2) is 44.8 Å². The largest absolute Gasteiger partial charge is 0.507 e. The van der Waals surface area contributed by atoms with E-state index in [-0.39, 0.29) is 11.7 Å². The van der Waals surface area contributed by atoms with E-state index in [1.165, 1.54) is 0 Å². The van der Waals surface area contributed by atoms with Gasteiger partial charge in [-0.15, -0.1) is 0 Å². The third-order valence-corrected chi connectivity index (χ3v) is 6.38. The summed E-state index contributed by atoms with van der Waals surface area (Å²) < 4.78 is 11.6. The van der Waals surface area contributed by atoms with Crippen LogP contribution in [0.4, 0.5) is 0 Å². The van der Waals surface area contributed by atoms with Crippen molar-refractivity contribution in [2.24, 2.45) is 0 Å². The molecule has 2 aromatic carbocycles. The Balaban J connectivity index is 1.62. The van der Waals surface area contributed by atoms with Crippen LogP contribution in [0.15, 0.2) is 67.0 Å². The number of fused-ring (bicyclic) bond motifs is 1. The number of phenols is 1. The number of ether oxygens (including phenoxy) is 2. The topological polar surface area (TPSA) is 101 Å². The molecule has 8 nitrogen and oxygen atoms in total. The van der Waals surface area contributed by atoms with Gasteiger partial charge >= 0.3 is 0 Å². The van der Waals surface area contributed by atoms with E-state index in [1.807, 2.05) is 36.4 Å². The Morgan fingerprint density at radius 2 is 1.89 bits per heavy atom. The van der Waals surface area contributed by atoms with Crippen molar-refractivity contribution in [1.82, 2.24) is 20.1 Å². The third-order valence-electron chi connectivity index (χ3n) is 6.38. The summed E-state index contributed by atoms with van der Waals surface area (Å²) in [7, 11) is 1.61. The maximum absolute atomic E-state index is 13.6. The van der Waals surface area contributed by atoms with Gasteiger partial charge in [0, 0.05) is 30.1 Å². The second-order valence-electron chi connectivity index (χ2n) is 8.68. The summed E-state index contributed by atoms with van der Waals surface area (Å²) in [6.07, 6.45) is 5.41. The zero-order chi connectivity index (χ0) is 25.1. The lowest BCUT2D eigenvalue weighted by Crippen LogP contribution is -2.29. The second-order valence-corrected chi connectivity index (χ2v) is 8.68. The summed E-state index contributed by atoms with van der Waals surface area (Å²) in [5.74, 6) is 1.19. The molecule has 0 saturated heterocycles. The Kier molecular flexibility index (Phi) is 6.58. The zero-order valence-corrected chi connectivity index (χ0v) is 20.3. The molecule has 2 aromatic heterocycles. The van der Waals surface area contributed by atoms with Crippen LogP contribution < -0.4 is 9.47 Å². The molecule has 5 rings (SSSR count). The Labute approximate surface area is 209 Å². The number of aromatic nitrogens is 3. The quantitative estimate of drug-likeness (QED) is 0.320. The van der Waals surface area contributed by atoms with Gasteiger partial charge in [0.15, 0.2) is 11.5 Å². The molecule has 0 fully saturated rings. The van der Waals surface area contributed by atoms with Crippen LogP contribution in [0.1, 0.15) is 53.0 Å². The molecule has 1 aliphatic heterocycles. The van der Waals surface area contributed by atoms with Gasteiger partial charge in [0.2, 0.25) is 0 Å². The number of carbonyl (C=O) groups excluding carboxylic acids is 1. The smallest absolute Gasteiger partial charge is 0.273 e. The van der Waals surface area contributed by atoms with Gasteiger partial charge < -0.3 is 19.5 Å². The molecule has 0 bridgehead atoms. The molecule has 36 heavy (non-hydrogen) atoms. The minimum Gasteiger partial charge on any atom is -0.507 e. The summed E-state index contributed by atoms with van der Waals surface area (Å²) in [5.41, 5.74) is 4.05. The van der Waals surface area contributed by atoms with Gasteiger partial charge in [0.05, 0.1) is 19.8 Å². The predicted molar refractivity (Wildman–Crippen MR) is 135 cm³/mol. The first kappa shape index (κ1) is 23.4. The zero-order valence-electron chi connectivity index (χ0n) is 20.3. The Bertz CT molecular complexity index is 1370. The van der Waals surface area contributed by atoms with Crippen molar-refractivity contribution >= 4 is 5.91 Å². The number of hydrogen-bond acceptors (Lipinski definition) is 6. The van der Waals surface area contributed by atoms with Crippen molar-refractivity contribution in [1.29, 1.82) is 0 Å². The Morgan fingerprint density at radius 3 is 2.64 bits per heavy atom. The first-order chi connectivity index (χ1) is 17.6. The lowest BCUT2D eigenvalue weighted by molar-refractivity contribution is 0.0730. The van der Waals surface area contributed by atoms with E-state index in [4.69, 9.17) is 9.47 Å². The number of para-hydroxylation sites is 1. The lowest BCUT2D eigenvalue weighted by Gasteiger charge is -2.27. The van der Waals surface area contributed by atoms with Crippen LogP contribution >= 0.6 is 0 Å². The minimum absolute atomic E-state index is 0.0998. The number of H-pyrrole nitrogens is 1. The van der Waals surface area contributed by atoms with Crippen molar-refractivity contribution in [2.45, 2.75) is 32.4 Å².